The first-order valence-electron chi connectivity index (χ1n) is 6.23. The molecule has 3 rings (SSSR count). The summed E-state index contributed by atoms with van der Waals surface area (Å²) in [5.74, 6) is 1.39. The standard InChI is InChI=1S/C13H16N2OS/c1-3-9-7(2)17-13-10(9)12(16)14-11(15-13)8-5-4-6-8/h8H,3-6H2,1-2H3,(H,14,15,16). The number of fused-ring (bicyclic) bond motifs is 1. The quantitative estimate of drug-likeness (QED) is 0.887. The van der Waals surface area contributed by atoms with Crippen molar-refractivity contribution in [1.29, 1.82) is 0 Å². The van der Waals surface area contributed by atoms with Crippen molar-refractivity contribution in [3.8, 4) is 0 Å². The van der Waals surface area contributed by atoms with Gasteiger partial charge in [0, 0.05) is 10.8 Å². The summed E-state index contributed by atoms with van der Waals surface area (Å²) in [7, 11) is 0. The predicted octanol–water partition coefficient (Wildman–Crippen LogP) is 3.12. The van der Waals surface area contributed by atoms with Crippen LogP contribution in [0.25, 0.3) is 10.2 Å². The van der Waals surface area contributed by atoms with E-state index < -0.39 is 0 Å². The van der Waals surface area contributed by atoms with Crippen molar-refractivity contribution >= 4 is 21.6 Å². The van der Waals surface area contributed by atoms with Crippen molar-refractivity contribution in [2.45, 2.75) is 45.4 Å². The first kappa shape index (κ1) is 11.0. The molecule has 2 aromatic heterocycles. The fourth-order valence-electron chi connectivity index (χ4n) is 2.49. The van der Waals surface area contributed by atoms with Crippen LogP contribution in [-0.2, 0) is 6.42 Å². The average Bonchev–Trinajstić information content (AvgIpc) is 2.51. The minimum Gasteiger partial charge on any atom is -0.310 e. The molecule has 1 saturated carbocycles. The van der Waals surface area contributed by atoms with Crippen LogP contribution in [0, 0.1) is 6.92 Å². The van der Waals surface area contributed by atoms with Crippen LogP contribution in [0.5, 0.6) is 0 Å². The van der Waals surface area contributed by atoms with E-state index in [-0.39, 0.29) is 5.56 Å². The first-order valence-corrected chi connectivity index (χ1v) is 7.04. The molecular formula is C13H16N2OS. The number of aromatic amines is 1. The number of thiophene rings is 1. The van der Waals surface area contributed by atoms with Crippen LogP contribution in [0.1, 0.15) is 48.4 Å². The molecule has 1 aliphatic rings. The van der Waals surface area contributed by atoms with Crippen LogP contribution in [0.3, 0.4) is 0 Å². The minimum atomic E-state index is 0.0538. The van der Waals surface area contributed by atoms with Gasteiger partial charge in [-0.15, -0.1) is 11.3 Å². The van der Waals surface area contributed by atoms with E-state index >= 15 is 0 Å². The Labute approximate surface area is 104 Å². The maximum atomic E-state index is 12.1. The van der Waals surface area contributed by atoms with Gasteiger partial charge in [0.25, 0.3) is 5.56 Å². The lowest BCUT2D eigenvalue weighted by Crippen LogP contribution is -2.18. The van der Waals surface area contributed by atoms with E-state index in [1.54, 1.807) is 11.3 Å². The smallest absolute Gasteiger partial charge is 0.259 e. The van der Waals surface area contributed by atoms with Gasteiger partial charge in [0.1, 0.15) is 10.7 Å². The summed E-state index contributed by atoms with van der Waals surface area (Å²) >= 11 is 1.65. The van der Waals surface area contributed by atoms with Gasteiger partial charge in [-0.2, -0.15) is 0 Å². The van der Waals surface area contributed by atoms with Crippen LogP contribution < -0.4 is 5.56 Å². The number of aromatic nitrogens is 2. The van der Waals surface area contributed by atoms with Gasteiger partial charge < -0.3 is 4.98 Å². The van der Waals surface area contributed by atoms with Crippen molar-refractivity contribution in [1.82, 2.24) is 9.97 Å². The van der Waals surface area contributed by atoms with E-state index in [1.807, 2.05) is 0 Å². The Morgan fingerprint density at radius 3 is 2.82 bits per heavy atom. The Hall–Kier alpha value is -1.16. The lowest BCUT2D eigenvalue weighted by Gasteiger charge is -2.23. The second-order valence-electron chi connectivity index (χ2n) is 4.75. The molecule has 0 atom stereocenters. The van der Waals surface area contributed by atoms with Gasteiger partial charge in [0.2, 0.25) is 0 Å². The molecule has 0 amide bonds. The number of hydrogen-bond acceptors (Lipinski definition) is 3. The van der Waals surface area contributed by atoms with Gasteiger partial charge >= 0.3 is 0 Å². The normalized spacial score (nSPS) is 16.4. The fraction of sp³-hybridized carbons (Fsp3) is 0.538. The first-order chi connectivity index (χ1) is 8.20. The van der Waals surface area contributed by atoms with E-state index in [1.165, 1.54) is 29.7 Å². The van der Waals surface area contributed by atoms with Gasteiger partial charge in [-0.25, -0.2) is 4.98 Å². The van der Waals surface area contributed by atoms with Gasteiger partial charge in [-0.3, -0.25) is 4.79 Å². The number of aryl methyl sites for hydroxylation is 2. The largest absolute Gasteiger partial charge is 0.310 e. The number of nitrogens with one attached hydrogen (secondary N) is 1. The molecule has 0 unspecified atom stereocenters. The molecule has 0 aliphatic heterocycles. The molecule has 90 valence electrons. The van der Waals surface area contributed by atoms with Gasteiger partial charge in [0.15, 0.2) is 0 Å². The SMILES string of the molecule is CCc1c(C)sc2nc(C3CCC3)[nH]c(=O)c12. The number of nitrogens with zero attached hydrogens (tertiary/aromatic N) is 1. The molecule has 2 aromatic rings. The number of rotatable bonds is 2. The highest BCUT2D eigenvalue weighted by Gasteiger charge is 2.23. The topological polar surface area (TPSA) is 45.8 Å². The third-order valence-corrected chi connectivity index (χ3v) is 4.77. The second-order valence-corrected chi connectivity index (χ2v) is 5.95. The summed E-state index contributed by atoms with van der Waals surface area (Å²) in [6, 6.07) is 0. The lowest BCUT2D eigenvalue weighted by atomic mass is 9.85. The summed E-state index contributed by atoms with van der Waals surface area (Å²) in [6.45, 7) is 4.17. The second kappa shape index (κ2) is 3.95. The van der Waals surface area contributed by atoms with E-state index in [0.717, 1.165) is 22.5 Å². The molecule has 3 nitrogen and oxygen atoms in total. The molecule has 1 N–H and O–H groups in total. The van der Waals surface area contributed by atoms with Gasteiger partial charge in [-0.1, -0.05) is 13.3 Å². The van der Waals surface area contributed by atoms with Crippen molar-refractivity contribution in [2.24, 2.45) is 0 Å². The van der Waals surface area contributed by atoms with Crippen molar-refractivity contribution in [3.05, 3.63) is 26.6 Å². The third kappa shape index (κ3) is 1.62. The van der Waals surface area contributed by atoms with Crippen LogP contribution >= 0.6 is 11.3 Å². The Kier molecular flexibility index (Phi) is 2.54. The Balaban J connectivity index is 2.23. The van der Waals surface area contributed by atoms with E-state index in [2.05, 4.69) is 23.8 Å². The van der Waals surface area contributed by atoms with Gasteiger partial charge in [-0.05, 0) is 31.7 Å². The fourth-order valence-corrected chi connectivity index (χ4v) is 3.61. The summed E-state index contributed by atoms with van der Waals surface area (Å²) in [5.41, 5.74) is 1.22. The summed E-state index contributed by atoms with van der Waals surface area (Å²) in [5, 5.41) is 0.818. The highest BCUT2D eigenvalue weighted by atomic mass is 32.1. The summed E-state index contributed by atoms with van der Waals surface area (Å²) in [4.78, 5) is 21.9. The maximum Gasteiger partial charge on any atom is 0.259 e. The molecule has 0 saturated heterocycles. The Morgan fingerprint density at radius 1 is 1.47 bits per heavy atom. The zero-order valence-corrected chi connectivity index (χ0v) is 11.0. The molecule has 0 spiro atoms. The van der Waals surface area contributed by atoms with E-state index in [4.69, 9.17) is 0 Å². The molecule has 1 fully saturated rings. The van der Waals surface area contributed by atoms with Crippen LogP contribution in [-0.4, -0.2) is 9.97 Å². The van der Waals surface area contributed by atoms with Crippen LogP contribution in [0.2, 0.25) is 0 Å². The molecule has 0 radical (unpaired) electrons. The summed E-state index contributed by atoms with van der Waals surface area (Å²) in [6.07, 6.45) is 4.49. The molecule has 17 heavy (non-hydrogen) atoms. The highest BCUT2D eigenvalue weighted by molar-refractivity contribution is 7.18. The molecule has 1 aliphatic carbocycles. The predicted molar refractivity (Wildman–Crippen MR) is 70.9 cm³/mol. The zero-order chi connectivity index (χ0) is 12.0. The molecule has 0 aromatic carbocycles. The number of H-pyrrole nitrogens is 1. The van der Waals surface area contributed by atoms with Crippen molar-refractivity contribution < 1.29 is 0 Å². The maximum absolute atomic E-state index is 12.1. The minimum absolute atomic E-state index is 0.0538. The van der Waals surface area contributed by atoms with Crippen molar-refractivity contribution in [3.63, 3.8) is 0 Å². The van der Waals surface area contributed by atoms with Crippen molar-refractivity contribution in [2.75, 3.05) is 0 Å². The van der Waals surface area contributed by atoms with Gasteiger partial charge in [0.05, 0.1) is 5.39 Å². The van der Waals surface area contributed by atoms with Crippen LogP contribution in [0.4, 0.5) is 0 Å². The molecular weight excluding hydrogens is 232 g/mol. The zero-order valence-electron chi connectivity index (χ0n) is 10.2. The van der Waals surface area contributed by atoms with E-state index in [9.17, 15) is 4.79 Å². The monoisotopic (exact) mass is 248 g/mol. The number of hydrogen-bond donors (Lipinski definition) is 1. The average molecular weight is 248 g/mol. The lowest BCUT2D eigenvalue weighted by molar-refractivity contribution is 0.402. The Bertz CT molecular complexity index is 622. The van der Waals surface area contributed by atoms with Crippen LogP contribution in [0.15, 0.2) is 4.79 Å². The Morgan fingerprint density at radius 2 is 2.24 bits per heavy atom. The molecule has 2 heterocycles. The third-order valence-electron chi connectivity index (χ3n) is 3.73. The highest BCUT2D eigenvalue weighted by Crippen LogP contribution is 2.35. The summed E-state index contributed by atoms with van der Waals surface area (Å²) < 4.78 is 0. The van der Waals surface area contributed by atoms with E-state index in [0.29, 0.717) is 5.92 Å². The molecule has 0 bridgehead atoms. The molecule has 4 heteroatoms.